The summed E-state index contributed by atoms with van der Waals surface area (Å²) in [5, 5.41) is 17.2. The van der Waals surface area contributed by atoms with Gasteiger partial charge in [-0.05, 0) is 84.3 Å². The average molecular weight is 915 g/mol. The van der Waals surface area contributed by atoms with Crippen LogP contribution in [0.5, 0.6) is 0 Å². The lowest BCUT2D eigenvalue weighted by molar-refractivity contribution is -0.299. The number of hydrogen-bond donors (Lipinski definition) is 4. The number of hydrogen-bond acceptors (Lipinski definition) is 14. The fourth-order valence-electron chi connectivity index (χ4n) is 10.1. The van der Waals surface area contributed by atoms with Crippen molar-refractivity contribution in [3.8, 4) is 11.1 Å². The number of likely N-dealkylation sites (N-methyl/N-ethyl adjacent to an activating group) is 1. The minimum absolute atomic E-state index is 0.0251. The molecule has 1 unspecified atom stereocenters. The fraction of sp³-hybridized carbons (Fsp3) is 0.652. The van der Waals surface area contributed by atoms with E-state index in [9.17, 15) is 32.7 Å². The zero-order chi connectivity index (χ0) is 46.9. The number of alkyl carbamates (subject to hydrolysis) is 2. The predicted molar refractivity (Wildman–Crippen MR) is 234 cm³/mol. The van der Waals surface area contributed by atoms with E-state index >= 15 is 0 Å². The van der Waals surface area contributed by atoms with Gasteiger partial charge in [0.1, 0.15) is 29.7 Å². The number of amides is 2. The molecular weight excluding hydrogens is 849 g/mol. The summed E-state index contributed by atoms with van der Waals surface area (Å²) in [5.41, 5.74) is -1.66. The normalized spacial score (nSPS) is 38.1. The molecule has 0 radical (unpaired) electrons. The highest BCUT2D eigenvalue weighted by Crippen LogP contribution is 2.42. The van der Waals surface area contributed by atoms with Crippen LogP contribution >= 0.6 is 0 Å². The quantitative estimate of drug-likeness (QED) is 0.213. The Morgan fingerprint density at radius 2 is 1.61 bits per heavy atom. The third-order valence-electron chi connectivity index (χ3n) is 13.5. The van der Waals surface area contributed by atoms with E-state index in [-0.39, 0.29) is 48.8 Å². The zero-order valence-corrected chi connectivity index (χ0v) is 39.3. The third-order valence-corrected chi connectivity index (χ3v) is 15.0. The van der Waals surface area contributed by atoms with Crippen LogP contribution in [0, 0.1) is 23.7 Å². The van der Waals surface area contributed by atoms with Crippen molar-refractivity contribution in [2.75, 3.05) is 27.2 Å². The van der Waals surface area contributed by atoms with Gasteiger partial charge in [-0.1, -0.05) is 70.2 Å². The molecule has 354 valence electrons. The lowest BCUT2D eigenvalue weighted by Crippen LogP contribution is -2.61. The molecule has 2 aromatic rings. The summed E-state index contributed by atoms with van der Waals surface area (Å²) in [5.74, 6) is -4.72. The van der Waals surface area contributed by atoms with Crippen molar-refractivity contribution in [2.24, 2.45) is 23.7 Å². The number of sulfonamides is 1. The van der Waals surface area contributed by atoms with Crippen LogP contribution in [0.25, 0.3) is 11.1 Å². The fourth-order valence-corrected chi connectivity index (χ4v) is 11.4. The Kier molecular flexibility index (Phi) is 15.2. The Hall–Kier alpha value is -4.17. The number of nitrogens with zero attached hydrogens (tertiary/aromatic N) is 1. The van der Waals surface area contributed by atoms with Crippen LogP contribution < -0.4 is 15.4 Å². The molecule has 0 aromatic heterocycles. The summed E-state index contributed by atoms with van der Waals surface area (Å²) in [6.45, 7) is 13.0. The van der Waals surface area contributed by atoms with Gasteiger partial charge in [-0.3, -0.25) is 9.59 Å². The molecule has 2 aromatic carbocycles. The minimum Gasteiger partial charge on any atom is -0.458 e. The SMILES string of the molecule is CC[C@H]1OC(=O)[C@H](C)[C@H]2OCC(NS(=O)(=O)c3cccc(-c4ccccc4)c3)CNC(=O)O[C@](C)(C[C@@H](C)C(=O)[C@H](C)[C@@H]3NC(=O)O[C@]13C)[C@H](O[C@@H]1O[C@H](C)C[C@H](N(C)C)[C@H]1O)[C@H]2C. The number of carbonyl (C=O) groups excluding carboxylic acids is 4. The Bertz CT molecular complexity index is 2110. The van der Waals surface area contributed by atoms with E-state index in [4.69, 9.17) is 28.4 Å². The van der Waals surface area contributed by atoms with Gasteiger partial charge in [0.25, 0.3) is 0 Å². The van der Waals surface area contributed by atoms with Gasteiger partial charge < -0.3 is 49.1 Å². The van der Waals surface area contributed by atoms with Crippen LogP contribution in [-0.4, -0.2) is 136 Å². The number of fused-ring (bicyclic) bond motifs is 4. The number of carbonyl (C=O) groups is 4. The van der Waals surface area contributed by atoms with Gasteiger partial charge in [-0.2, -0.15) is 0 Å². The number of ketones is 1. The van der Waals surface area contributed by atoms with Gasteiger partial charge in [0, 0.05) is 30.3 Å². The van der Waals surface area contributed by atoms with Crippen LogP contribution in [0.1, 0.15) is 74.7 Å². The van der Waals surface area contributed by atoms with Gasteiger partial charge >= 0.3 is 18.2 Å². The van der Waals surface area contributed by atoms with E-state index < -0.39 is 106 Å². The van der Waals surface area contributed by atoms with Crippen molar-refractivity contribution in [1.82, 2.24) is 20.3 Å². The number of aliphatic hydroxyl groups excluding tert-OH is 1. The topological polar surface area (TPSA) is 217 Å². The summed E-state index contributed by atoms with van der Waals surface area (Å²) in [4.78, 5) is 58.0. The number of rotatable bonds is 8. The average Bonchev–Trinajstić information content (AvgIpc) is 3.56. The number of benzene rings is 2. The van der Waals surface area contributed by atoms with Crippen LogP contribution in [0.2, 0.25) is 0 Å². The number of nitrogens with one attached hydrogen (secondary N) is 3. The molecule has 4 heterocycles. The molecule has 0 saturated carbocycles. The maximum absolute atomic E-state index is 14.6. The van der Waals surface area contributed by atoms with E-state index in [1.165, 1.54) is 6.07 Å². The molecule has 18 heteroatoms. The highest BCUT2D eigenvalue weighted by molar-refractivity contribution is 7.89. The molecule has 4 N–H and O–H groups in total. The first-order valence-electron chi connectivity index (χ1n) is 22.2. The van der Waals surface area contributed by atoms with Crippen molar-refractivity contribution >= 4 is 34.0 Å². The molecule has 17 nitrogen and oxygen atoms in total. The minimum atomic E-state index is -4.25. The smallest absolute Gasteiger partial charge is 0.408 e. The van der Waals surface area contributed by atoms with E-state index in [0.717, 1.165) is 5.56 Å². The molecule has 4 aliphatic rings. The third kappa shape index (κ3) is 10.4. The molecule has 4 saturated heterocycles. The number of esters is 1. The maximum atomic E-state index is 14.6. The van der Waals surface area contributed by atoms with Crippen molar-refractivity contribution < 1.29 is 61.1 Å². The van der Waals surface area contributed by atoms with E-state index in [1.54, 1.807) is 66.7 Å². The van der Waals surface area contributed by atoms with Crippen molar-refractivity contribution in [1.29, 1.82) is 0 Å². The highest BCUT2D eigenvalue weighted by Gasteiger charge is 2.58. The van der Waals surface area contributed by atoms with Crippen LogP contribution in [0.4, 0.5) is 9.59 Å². The second-order valence-corrected chi connectivity index (χ2v) is 20.4. The second kappa shape index (κ2) is 19.7. The summed E-state index contributed by atoms with van der Waals surface area (Å²) in [6, 6.07) is 13.4. The Morgan fingerprint density at radius 3 is 2.28 bits per heavy atom. The number of Topliss-reactive ketones (excluding diaryl/α,β-unsaturated/α-hetero) is 1. The molecule has 4 fully saturated rings. The van der Waals surface area contributed by atoms with Gasteiger partial charge in [0.15, 0.2) is 11.9 Å². The van der Waals surface area contributed by atoms with E-state index in [2.05, 4.69) is 15.4 Å². The molecule has 64 heavy (non-hydrogen) atoms. The Labute approximate surface area is 376 Å². The zero-order valence-electron chi connectivity index (χ0n) is 38.4. The van der Waals surface area contributed by atoms with Crippen molar-refractivity contribution in [3.63, 3.8) is 0 Å². The number of ether oxygens (including phenoxy) is 6. The molecular formula is C46H66N4O13S. The lowest BCUT2D eigenvalue weighted by Gasteiger charge is -2.48. The predicted octanol–water partition coefficient (Wildman–Crippen LogP) is 4.40. The monoisotopic (exact) mass is 914 g/mol. The van der Waals surface area contributed by atoms with Crippen molar-refractivity contribution in [2.45, 2.75) is 146 Å². The molecule has 15 atom stereocenters. The first kappa shape index (κ1) is 49.3. The molecule has 2 bridgehead atoms. The van der Waals surface area contributed by atoms with Crippen molar-refractivity contribution in [3.05, 3.63) is 54.6 Å². The van der Waals surface area contributed by atoms with E-state index in [0.29, 0.717) is 12.0 Å². The maximum Gasteiger partial charge on any atom is 0.408 e. The largest absolute Gasteiger partial charge is 0.458 e. The van der Waals surface area contributed by atoms with Gasteiger partial charge in [0.2, 0.25) is 10.0 Å². The number of aliphatic hydroxyl groups is 1. The van der Waals surface area contributed by atoms with Crippen LogP contribution in [0.15, 0.2) is 59.5 Å². The van der Waals surface area contributed by atoms with Gasteiger partial charge in [0.05, 0.1) is 41.7 Å². The Balaban J connectivity index is 1.44. The summed E-state index contributed by atoms with van der Waals surface area (Å²) in [6.07, 6.45) is -7.26. The second-order valence-electron chi connectivity index (χ2n) is 18.7. The first-order chi connectivity index (χ1) is 30.1. The highest BCUT2D eigenvalue weighted by atomic mass is 32.2. The molecule has 2 amide bonds. The summed E-state index contributed by atoms with van der Waals surface area (Å²) < 4.78 is 69.1. The number of cyclic esters (lactones) is 1. The van der Waals surface area contributed by atoms with Gasteiger partial charge in [-0.25, -0.2) is 22.7 Å². The molecule has 0 spiro atoms. The van der Waals surface area contributed by atoms with Crippen LogP contribution in [-0.2, 0) is 48.0 Å². The summed E-state index contributed by atoms with van der Waals surface area (Å²) in [7, 11) is -0.576. The molecule has 0 aliphatic carbocycles. The molecule has 4 aliphatic heterocycles. The summed E-state index contributed by atoms with van der Waals surface area (Å²) >= 11 is 0. The Morgan fingerprint density at radius 1 is 0.922 bits per heavy atom. The van der Waals surface area contributed by atoms with Crippen LogP contribution in [0.3, 0.4) is 0 Å². The lowest BCUT2D eigenvalue weighted by atomic mass is 9.73. The standard InChI is InChI=1S/C46H66N4O13S/c1-11-35-46(8)39(48-44(55)63-46)27(4)36(51)25(2)22-45(7)40(61-42-37(52)34(50(9)10)20-26(3)59-42)28(5)38(29(6)41(53)60-35)58-24-32(23-47-43(54)62-45)49-64(56,57)33-19-15-18-31(21-33)30-16-13-12-14-17-30/h12-19,21,25-29,32,34-35,37-40,42,49,52H,11,20,22-24H2,1-10H3,(H,47,54)(H,48,55)/t25-,26-,27+,28+,29-,32?,34+,35-,37-,38+,39+,40-,42+,45-,46-/m1/s1. The van der Waals surface area contributed by atoms with Gasteiger partial charge in [-0.15, -0.1) is 0 Å². The molecule has 6 rings (SSSR count). The first-order valence-corrected chi connectivity index (χ1v) is 23.7. The van der Waals surface area contributed by atoms with E-state index in [1.807, 2.05) is 56.3 Å².